The van der Waals surface area contributed by atoms with Gasteiger partial charge in [-0.05, 0) is 0 Å². The number of carbonyl (C=O) groups is 1. The van der Waals surface area contributed by atoms with Crippen molar-refractivity contribution in [2.24, 2.45) is 12.8 Å². The minimum absolute atomic E-state index is 0.0753. The van der Waals surface area contributed by atoms with Crippen LogP contribution in [0.3, 0.4) is 0 Å². The topological polar surface area (TPSA) is 105 Å². The first kappa shape index (κ1) is 17.9. The molecule has 0 aliphatic carbocycles. The third kappa shape index (κ3) is 4.78. The third-order valence-corrected chi connectivity index (χ3v) is 3.40. The van der Waals surface area contributed by atoms with Gasteiger partial charge in [0.1, 0.15) is 11.7 Å². The molecule has 1 heterocycles. The standard InChI is InChI=1S/C17H16N4.C2H4O2/c1-21-11-15(12-5-3-2-4-6-12)20-17(21)14-9-7-13(8-10-14)16(18)19;1-2(3)4/h2-11H,1H3,(H3,18,19);1H3,(H,3,4). The Morgan fingerprint density at radius 1 is 1.08 bits per heavy atom. The van der Waals surface area contributed by atoms with Crippen molar-refractivity contribution in [1.29, 1.82) is 5.41 Å². The first-order valence-electron chi connectivity index (χ1n) is 7.61. The molecule has 4 N–H and O–H groups in total. The number of hydrogen-bond donors (Lipinski definition) is 3. The van der Waals surface area contributed by atoms with Crippen LogP contribution in [0, 0.1) is 5.41 Å². The number of nitrogen functional groups attached to an aromatic ring is 1. The highest BCUT2D eigenvalue weighted by molar-refractivity contribution is 5.95. The number of nitrogens with one attached hydrogen (secondary N) is 1. The summed E-state index contributed by atoms with van der Waals surface area (Å²) in [5, 5.41) is 14.8. The Morgan fingerprint density at radius 2 is 1.64 bits per heavy atom. The predicted octanol–water partition coefficient (Wildman–Crippen LogP) is 3.13. The summed E-state index contributed by atoms with van der Waals surface area (Å²) >= 11 is 0. The van der Waals surface area contributed by atoms with E-state index in [2.05, 4.69) is 0 Å². The van der Waals surface area contributed by atoms with Gasteiger partial charge >= 0.3 is 0 Å². The van der Waals surface area contributed by atoms with E-state index < -0.39 is 5.97 Å². The molecule has 3 aromatic rings. The lowest BCUT2D eigenvalue weighted by atomic mass is 10.1. The predicted molar refractivity (Wildman–Crippen MR) is 98.4 cm³/mol. The Labute approximate surface area is 146 Å². The number of nitrogens with zero attached hydrogens (tertiary/aromatic N) is 2. The highest BCUT2D eigenvalue weighted by atomic mass is 16.4. The zero-order valence-electron chi connectivity index (χ0n) is 14.1. The van der Waals surface area contributed by atoms with Gasteiger partial charge in [-0.15, -0.1) is 0 Å². The number of benzene rings is 2. The average Bonchev–Trinajstić information content (AvgIpc) is 2.97. The van der Waals surface area contributed by atoms with Crippen LogP contribution in [0.2, 0.25) is 0 Å². The Bertz CT molecular complexity index is 864. The summed E-state index contributed by atoms with van der Waals surface area (Å²) in [5.74, 6) is 0.135. The van der Waals surface area contributed by atoms with E-state index in [-0.39, 0.29) is 5.84 Å². The molecule has 0 saturated carbocycles. The highest BCUT2D eigenvalue weighted by Crippen LogP contribution is 2.24. The molecule has 0 spiro atoms. The molecule has 6 nitrogen and oxygen atoms in total. The summed E-state index contributed by atoms with van der Waals surface area (Å²) in [6.07, 6.45) is 2.02. The average molecular weight is 336 g/mol. The number of nitrogens with two attached hydrogens (primary N) is 1. The van der Waals surface area contributed by atoms with Gasteiger partial charge in [0, 0.05) is 36.9 Å². The van der Waals surface area contributed by atoms with Crippen molar-refractivity contribution in [1.82, 2.24) is 9.55 Å². The molecule has 3 rings (SSSR count). The fourth-order valence-corrected chi connectivity index (χ4v) is 2.28. The van der Waals surface area contributed by atoms with E-state index in [1.165, 1.54) is 0 Å². The van der Waals surface area contributed by atoms with E-state index in [0.717, 1.165) is 35.1 Å². The molecule has 0 fully saturated rings. The van der Waals surface area contributed by atoms with Crippen LogP contribution < -0.4 is 5.73 Å². The number of aliphatic carboxylic acids is 1. The first-order valence-corrected chi connectivity index (χ1v) is 7.61. The zero-order chi connectivity index (χ0) is 18.4. The van der Waals surface area contributed by atoms with Gasteiger partial charge in [-0.2, -0.15) is 0 Å². The lowest BCUT2D eigenvalue weighted by Gasteiger charge is -2.03. The Morgan fingerprint density at radius 3 is 2.16 bits per heavy atom. The molecule has 128 valence electrons. The molecule has 0 saturated heterocycles. The van der Waals surface area contributed by atoms with Crippen LogP contribution in [0.5, 0.6) is 0 Å². The number of imidazole rings is 1. The van der Waals surface area contributed by atoms with E-state index in [9.17, 15) is 0 Å². The maximum Gasteiger partial charge on any atom is 0.300 e. The number of carboxylic acids is 1. The summed E-state index contributed by atoms with van der Waals surface area (Å²) in [6.45, 7) is 1.08. The summed E-state index contributed by atoms with van der Waals surface area (Å²) < 4.78 is 2.01. The molecule has 6 heteroatoms. The van der Waals surface area contributed by atoms with Gasteiger partial charge in [-0.1, -0.05) is 54.6 Å². The molecule has 0 aliphatic rings. The van der Waals surface area contributed by atoms with Crippen molar-refractivity contribution in [3.05, 3.63) is 66.4 Å². The lowest BCUT2D eigenvalue weighted by Crippen LogP contribution is -2.10. The summed E-state index contributed by atoms with van der Waals surface area (Å²) in [4.78, 5) is 13.7. The van der Waals surface area contributed by atoms with Crippen LogP contribution in [0.25, 0.3) is 22.6 Å². The molecule has 0 amide bonds. The number of hydrogen-bond acceptors (Lipinski definition) is 3. The number of amidine groups is 1. The van der Waals surface area contributed by atoms with Gasteiger partial charge in [-0.3, -0.25) is 10.2 Å². The minimum Gasteiger partial charge on any atom is -0.481 e. The number of carboxylic acid groups (broad SMARTS) is 1. The van der Waals surface area contributed by atoms with E-state index in [1.54, 1.807) is 0 Å². The SMILES string of the molecule is CC(=O)O.Cn1cc(-c2ccccc2)nc1-c1ccc(C(=N)N)cc1. The molecular formula is C19H20N4O2. The van der Waals surface area contributed by atoms with Crippen LogP contribution in [0.15, 0.2) is 60.8 Å². The molecule has 25 heavy (non-hydrogen) atoms. The van der Waals surface area contributed by atoms with Gasteiger partial charge < -0.3 is 15.4 Å². The van der Waals surface area contributed by atoms with Gasteiger partial charge in [0.2, 0.25) is 0 Å². The Kier molecular flexibility index (Phi) is 5.68. The molecule has 0 atom stereocenters. The minimum atomic E-state index is -0.833. The largest absolute Gasteiger partial charge is 0.481 e. The number of aryl methyl sites for hydroxylation is 1. The quantitative estimate of drug-likeness (QED) is 0.505. The van der Waals surface area contributed by atoms with Crippen LogP contribution in [0.1, 0.15) is 12.5 Å². The van der Waals surface area contributed by atoms with Crippen LogP contribution in [-0.2, 0) is 11.8 Å². The molecule has 0 bridgehead atoms. The number of rotatable bonds is 3. The molecule has 0 unspecified atom stereocenters. The fraction of sp³-hybridized carbons (Fsp3) is 0.105. The van der Waals surface area contributed by atoms with Crippen molar-refractivity contribution in [3.8, 4) is 22.6 Å². The summed E-state index contributed by atoms with van der Waals surface area (Å²) in [5.41, 5.74) is 9.24. The van der Waals surface area contributed by atoms with E-state index in [0.29, 0.717) is 0 Å². The maximum atomic E-state index is 9.00. The zero-order valence-corrected chi connectivity index (χ0v) is 14.1. The van der Waals surface area contributed by atoms with Crippen LogP contribution in [-0.4, -0.2) is 26.5 Å². The second kappa shape index (κ2) is 7.92. The summed E-state index contributed by atoms with van der Waals surface area (Å²) in [7, 11) is 1.98. The lowest BCUT2D eigenvalue weighted by molar-refractivity contribution is -0.134. The van der Waals surface area contributed by atoms with Crippen molar-refractivity contribution in [2.75, 3.05) is 0 Å². The van der Waals surface area contributed by atoms with Crippen molar-refractivity contribution < 1.29 is 9.90 Å². The molecular weight excluding hydrogens is 316 g/mol. The second-order valence-electron chi connectivity index (χ2n) is 5.44. The fourth-order valence-electron chi connectivity index (χ4n) is 2.28. The smallest absolute Gasteiger partial charge is 0.300 e. The Balaban J connectivity index is 0.000000511. The first-order chi connectivity index (χ1) is 11.9. The Hall–Kier alpha value is -3.41. The molecule has 0 aliphatic heterocycles. The van der Waals surface area contributed by atoms with E-state index in [1.807, 2.05) is 72.4 Å². The normalized spacial score (nSPS) is 9.84. The van der Waals surface area contributed by atoms with Gasteiger partial charge in [0.05, 0.1) is 5.69 Å². The van der Waals surface area contributed by atoms with Crippen molar-refractivity contribution in [2.45, 2.75) is 6.92 Å². The van der Waals surface area contributed by atoms with Crippen molar-refractivity contribution in [3.63, 3.8) is 0 Å². The number of aromatic nitrogens is 2. The van der Waals surface area contributed by atoms with E-state index in [4.69, 9.17) is 26.0 Å². The van der Waals surface area contributed by atoms with E-state index >= 15 is 0 Å². The highest BCUT2D eigenvalue weighted by Gasteiger charge is 2.09. The maximum absolute atomic E-state index is 9.00. The molecule has 2 aromatic carbocycles. The summed E-state index contributed by atoms with van der Waals surface area (Å²) in [6, 6.07) is 17.7. The van der Waals surface area contributed by atoms with Crippen molar-refractivity contribution >= 4 is 11.8 Å². The molecule has 1 aromatic heterocycles. The van der Waals surface area contributed by atoms with Crippen LogP contribution >= 0.6 is 0 Å². The molecule has 0 radical (unpaired) electrons. The third-order valence-electron chi connectivity index (χ3n) is 3.40. The second-order valence-corrected chi connectivity index (χ2v) is 5.44. The monoisotopic (exact) mass is 336 g/mol. The van der Waals surface area contributed by atoms with Gasteiger partial charge in [0.15, 0.2) is 0 Å². The van der Waals surface area contributed by atoms with Gasteiger partial charge in [-0.25, -0.2) is 4.98 Å². The van der Waals surface area contributed by atoms with Gasteiger partial charge in [0.25, 0.3) is 5.97 Å². The van der Waals surface area contributed by atoms with Crippen LogP contribution in [0.4, 0.5) is 0 Å².